The Kier molecular flexibility index (Phi) is 7.33. The van der Waals surface area contributed by atoms with Crippen LogP contribution < -0.4 is 10.2 Å². The highest BCUT2D eigenvalue weighted by molar-refractivity contribution is 5.99. The number of methoxy groups -OCH3 is 1. The first-order valence-electron chi connectivity index (χ1n) is 11.7. The number of amidine groups is 1. The van der Waals surface area contributed by atoms with Crippen LogP contribution in [0.15, 0.2) is 137 Å². The number of azo groups is 1. The number of para-hydroxylation sites is 2. The number of nitrogens with one attached hydrogen (secondary N) is 1. The zero-order chi connectivity index (χ0) is 25.3. The van der Waals surface area contributed by atoms with E-state index >= 15 is 0 Å². The van der Waals surface area contributed by atoms with Crippen LogP contribution in [0.25, 0.3) is 22.5 Å². The Morgan fingerprint density at radius 2 is 1.22 bits per heavy atom. The van der Waals surface area contributed by atoms with Crippen LogP contribution in [0.3, 0.4) is 0 Å². The summed E-state index contributed by atoms with van der Waals surface area (Å²) in [6.07, 6.45) is 0. The summed E-state index contributed by atoms with van der Waals surface area (Å²) < 4.78 is 5.42. The molecule has 7 nitrogen and oxygen atoms in total. The van der Waals surface area contributed by atoms with Crippen molar-refractivity contribution in [3.63, 3.8) is 0 Å². The van der Waals surface area contributed by atoms with Gasteiger partial charge in [0.25, 0.3) is 5.95 Å². The molecule has 5 rings (SSSR count). The maximum absolute atomic E-state index is 5.42. The highest BCUT2D eigenvalue weighted by atomic mass is 16.5. The Morgan fingerprint density at radius 1 is 0.676 bits per heavy atom. The first-order valence-corrected chi connectivity index (χ1v) is 11.7. The van der Waals surface area contributed by atoms with Crippen LogP contribution in [-0.2, 0) is 0 Å². The van der Waals surface area contributed by atoms with Crippen LogP contribution >= 0.6 is 0 Å². The lowest BCUT2D eigenvalue weighted by Gasteiger charge is -2.08. The van der Waals surface area contributed by atoms with Crippen molar-refractivity contribution in [2.45, 2.75) is 0 Å². The van der Waals surface area contributed by atoms with E-state index in [9.17, 15) is 0 Å². The normalized spacial score (nSPS) is 11.4. The number of aromatic nitrogens is 2. The molecule has 1 heterocycles. The third kappa shape index (κ3) is 5.91. The maximum Gasteiger partial charge on any atom is 0.270 e. The maximum atomic E-state index is 5.42. The first kappa shape index (κ1) is 23.6. The zero-order valence-electron chi connectivity index (χ0n) is 20.2. The largest absolute Gasteiger partial charge is 0.495 e. The molecule has 0 spiro atoms. The summed E-state index contributed by atoms with van der Waals surface area (Å²) in [5.74, 6) is 1.28. The van der Waals surface area contributed by atoms with E-state index in [2.05, 4.69) is 30.7 Å². The van der Waals surface area contributed by atoms with Crippen LogP contribution in [0.5, 0.6) is 5.75 Å². The molecule has 37 heavy (non-hydrogen) atoms. The van der Waals surface area contributed by atoms with Crippen molar-refractivity contribution >= 4 is 17.5 Å². The van der Waals surface area contributed by atoms with Crippen LogP contribution in [0, 0.1) is 0 Å². The molecule has 0 unspecified atom stereocenters. The fraction of sp³-hybridized carbons (Fsp3) is 0.0333. The fourth-order valence-corrected chi connectivity index (χ4v) is 3.67. The minimum atomic E-state index is 0.237. The van der Waals surface area contributed by atoms with Crippen molar-refractivity contribution in [1.29, 1.82) is 0 Å². The van der Waals surface area contributed by atoms with E-state index in [1.807, 2.05) is 121 Å². The second-order valence-electron chi connectivity index (χ2n) is 7.98. The Hall–Kier alpha value is -5.17. The fourth-order valence-electron chi connectivity index (χ4n) is 3.67. The number of hydrogen-bond donors (Lipinski definition) is 1. The summed E-state index contributed by atoms with van der Waals surface area (Å²) in [6, 6.07) is 39.0. The number of rotatable bonds is 7. The Bertz CT molecular complexity index is 1460. The van der Waals surface area contributed by atoms with Crippen LogP contribution in [0.4, 0.5) is 11.6 Å². The molecule has 0 radical (unpaired) electrons. The second-order valence-corrected chi connectivity index (χ2v) is 7.98. The standard InChI is InChI=1S/C30H24N6O/c1-37-28-20-12-11-19-25(28)33-34-29(24-17-9-4-10-18-24)35-36-30-31-26(22-13-5-2-6-14-22)21-27(32-30)23-15-7-3-8-16-23/h2-21,33H,1H3. The Morgan fingerprint density at radius 3 is 1.81 bits per heavy atom. The van der Waals surface area contributed by atoms with Gasteiger partial charge < -0.3 is 4.74 Å². The molecular weight excluding hydrogens is 460 g/mol. The molecule has 0 saturated heterocycles. The lowest BCUT2D eigenvalue weighted by molar-refractivity contribution is 0.416. The van der Waals surface area contributed by atoms with E-state index in [0.29, 0.717) is 17.3 Å². The van der Waals surface area contributed by atoms with Gasteiger partial charge in [0.15, 0.2) is 0 Å². The highest BCUT2D eigenvalue weighted by Gasteiger charge is 2.10. The van der Waals surface area contributed by atoms with Gasteiger partial charge in [-0.15, -0.1) is 10.2 Å². The topological polar surface area (TPSA) is 84.1 Å². The molecule has 0 aliphatic rings. The van der Waals surface area contributed by atoms with Crippen LogP contribution in [0.1, 0.15) is 5.56 Å². The van der Waals surface area contributed by atoms with Gasteiger partial charge in [0.2, 0.25) is 5.84 Å². The average molecular weight is 485 g/mol. The van der Waals surface area contributed by atoms with E-state index in [1.54, 1.807) is 7.11 Å². The van der Waals surface area contributed by atoms with Gasteiger partial charge in [-0.2, -0.15) is 5.10 Å². The van der Waals surface area contributed by atoms with E-state index in [-0.39, 0.29) is 5.95 Å². The van der Waals surface area contributed by atoms with E-state index in [4.69, 9.17) is 4.74 Å². The van der Waals surface area contributed by atoms with E-state index in [0.717, 1.165) is 28.1 Å². The lowest BCUT2D eigenvalue weighted by Crippen LogP contribution is -2.02. The molecule has 1 aromatic heterocycles. The summed E-state index contributed by atoms with van der Waals surface area (Å²) >= 11 is 0. The van der Waals surface area contributed by atoms with E-state index in [1.165, 1.54) is 0 Å². The average Bonchev–Trinajstić information content (AvgIpc) is 2.98. The SMILES string of the molecule is COc1ccccc1NN=C(N=Nc1nc(-c2ccccc2)cc(-c2ccccc2)n1)c1ccccc1. The molecule has 1 N–H and O–H groups in total. The predicted molar refractivity (Wildman–Crippen MR) is 147 cm³/mol. The Balaban J connectivity index is 1.54. The van der Waals surface area contributed by atoms with Crippen molar-refractivity contribution in [2.24, 2.45) is 15.3 Å². The molecule has 0 amide bonds. The minimum absolute atomic E-state index is 0.237. The number of anilines is 1. The molecule has 4 aromatic carbocycles. The highest BCUT2D eigenvalue weighted by Crippen LogP contribution is 2.26. The zero-order valence-corrected chi connectivity index (χ0v) is 20.2. The quantitative estimate of drug-likeness (QED) is 0.113. The van der Waals surface area contributed by atoms with Gasteiger partial charge in [-0.3, -0.25) is 5.43 Å². The summed E-state index contributed by atoms with van der Waals surface area (Å²) in [5, 5.41) is 13.4. The van der Waals surface area contributed by atoms with Gasteiger partial charge in [-0.1, -0.05) is 103 Å². The molecular formula is C30H24N6O. The monoisotopic (exact) mass is 484 g/mol. The second kappa shape index (κ2) is 11.5. The predicted octanol–water partition coefficient (Wildman–Crippen LogP) is 7.38. The van der Waals surface area contributed by atoms with Crippen molar-refractivity contribution in [1.82, 2.24) is 9.97 Å². The van der Waals surface area contributed by atoms with Gasteiger partial charge in [-0.25, -0.2) is 9.97 Å². The summed E-state index contributed by atoms with van der Waals surface area (Å²) in [5.41, 5.74) is 7.99. The molecule has 0 aliphatic heterocycles. The first-order chi connectivity index (χ1) is 18.3. The molecule has 0 aliphatic carbocycles. The number of hydrogen-bond acceptors (Lipinski definition) is 6. The van der Waals surface area contributed by atoms with Crippen molar-refractivity contribution in [2.75, 3.05) is 12.5 Å². The molecule has 180 valence electrons. The van der Waals surface area contributed by atoms with Gasteiger partial charge in [0.1, 0.15) is 5.75 Å². The van der Waals surface area contributed by atoms with Crippen LogP contribution in [-0.4, -0.2) is 22.9 Å². The molecule has 0 atom stereocenters. The molecule has 7 heteroatoms. The van der Waals surface area contributed by atoms with Gasteiger partial charge in [0.05, 0.1) is 24.2 Å². The molecule has 0 bridgehead atoms. The number of nitrogens with zero attached hydrogens (tertiary/aromatic N) is 5. The smallest absolute Gasteiger partial charge is 0.270 e. The van der Waals surface area contributed by atoms with Crippen molar-refractivity contribution in [3.8, 4) is 28.3 Å². The van der Waals surface area contributed by atoms with Gasteiger partial charge in [0, 0.05) is 16.7 Å². The van der Waals surface area contributed by atoms with E-state index < -0.39 is 0 Å². The number of benzene rings is 4. The molecule has 5 aromatic rings. The summed E-state index contributed by atoms with van der Waals surface area (Å²) in [4.78, 5) is 9.35. The number of ether oxygens (including phenoxy) is 1. The van der Waals surface area contributed by atoms with Gasteiger partial charge in [-0.05, 0) is 18.2 Å². The third-order valence-electron chi connectivity index (χ3n) is 5.51. The molecule has 0 fully saturated rings. The third-order valence-corrected chi connectivity index (χ3v) is 5.51. The van der Waals surface area contributed by atoms with Crippen molar-refractivity contribution < 1.29 is 4.74 Å². The Labute approximate surface area is 215 Å². The van der Waals surface area contributed by atoms with Crippen LogP contribution in [0.2, 0.25) is 0 Å². The summed E-state index contributed by atoms with van der Waals surface area (Å²) in [6.45, 7) is 0. The number of hydrazone groups is 1. The lowest BCUT2D eigenvalue weighted by atomic mass is 10.1. The minimum Gasteiger partial charge on any atom is -0.495 e. The van der Waals surface area contributed by atoms with Crippen molar-refractivity contribution in [3.05, 3.63) is 127 Å². The van der Waals surface area contributed by atoms with Gasteiger partial charge >= 0.3 is 0 Å². The molecule has 0 saturated carbocycles. The summed E-state index contributed by atoms with van der Waals surface area (Å²) in [7, 11) is 1.61.